The second-order valence-electron chi connectivity index (χ2n) is 4.86. The van der Waals surface area contributed by atoms with Crippen molar-refractivity contribution in [1.29, 1.82) is 0 Å². The highest BCUT2D eigenvalue weighted by atomic mass is 79.9. The summed E-state index contributed by atoms with van der Waals surface area (Å²) in [5, 5.41) is 6.27. The molecule has 2 amide bonds. The van der Waals surface area contributed by atoms with Crippen LogP contribution < -0.4 is 10.3 Å². The Balaban J connectivity index is 1.75. The van der Waals surface area contributed by atoms with Crippen LogP contribution in [0.2, 0.25) is 0 Å². The van der Waals surface area contributed by atoms with Gasteiger partial charge in [0.05, 0.1) is 11.6 Å². The highest BCUT2D eigenvalue weighted by Gasteiger charge is 2.36. The third-order valence-corrected chi connectivity index (χ3v) is 4.38. The molecule has 7 nitrogen and oxygen atoms in total. The summed E-state index contributed by atoms with van der Waals surface area (Å²) in [4.78, 5) is 26.1. The number of rotatable bonds is 3. The second kappa shape index (κ2) is 6.01. The van der Waals surface area contributed by atoms with E-state index in [0.29, 0.717) is 11.3 Å². The molecule has 1 fully saturated rings. The molecule has 3 rings (SSSR count). The lowest BCUT2D eigenvalue weighted by Crippen LogP contribution is -2.31. The van der Waals surface area contributed by atoms with Gasteiger partial charge in [0.1, 0.15) is 6.33 Å². The van der Waals surface area contributed by atoms with Gasteiger partial charge in [-0.05, 0) is 40.3 Å². The highest BCUT2D eigenvalue weighted by molar-refractivity contribution is 9.10. The van der Waals surface area contributed by atoms with Crippen LogP contribution in [0.4, 0.5) is 5.69 Å². The van der Waals surface area contributed by atoms with Crippen molar-refractivity contribution >= 4 is 45.6 Å². The van der Waals surface area contributed by atoms with Crippen LogP contribution >= 0.6 is 28.1 Å². The lowest BCUT2D eigenvalue weighted by Gasteiger charge is -2.18. The van der Waals surface area contributed by atoms with Crippen molar-refractivity contribution in [2.45, 2.75) is 6.42 Å². The summed E-state index contributed by atoms with van der Waals surface area (Å²) in [6, 6.07) is 7.43. The molecule has 0 aliphatic carbocycles. The maximum absolute atomic E-state index is 12.3. The Kier molecular flexibility index (Phi) is 4.08. The van der Waals surface area contributed by atoms with Crippen LogP contribution in [-0.2, 0) is 9.59 Å². The maximum Gasteiger partial charge on any atom is 0.244 e. The molecular formula is C13H12BrN5O2S. The van der Waals surface area contributed by atoms with E-state index in [1.807, 2.05) is 24.3 Å². The molecule has 1 aliphatic heterocycles. The van der Waals surface area contributed by atoms with Crippen LogP contribution in [0.5, 0.6) is 0 Å². The van der Waals surface area contributed by atoms with Crippen molar-refractivity contribution < 1.29 is 9.59 Å². The van der Waals surface area contributed by atoms with Crippen molar-refractivity contribution in [3.05, 3.63) is 39.8 Å². The smallest absolute Gasteiger partial charge is 0.244 e. The lowest BCUT2D eigenvalue weighted by atomic mass is 10.1. The monoisotopic (exact) mass is 381 g/mol. The molecule has 0 spiro atoms. The van der Waals surface area contributed by atoms with E-state index in [0.717, 1.165) is 10.2 Å². The molecule has 1 unspecified atom stereocenters. The zero-order valence-corrected chi connectivity index (χ0v) is 13.7. The number of para-hydroxylation sites is 1. The first-order valence-corrected chi connectivity index (χ1v) is 7.74. The van der Waals surface area contributed by atoms with E-state index in [1.165, 1.54) is 11.0 Å². The molecule has 1 saturated heterocycles. The Bertz CT molecular complexity index is 786. The number of benzene rings is 1. The number of carbonyl (C=O) groups is 2. The molecule has 0 bridgehead atoms. The number of aromatic amines is 1. The number of aromatic nitrogens is 3. The minimum atomic E-state index is -0.434. The normalized spacial score (nSPS) is 17.8. The number of halogens is 1. The van der Waals surface area contributed by atoms with Crippen molar-refractivity contribution in [2.75, 3.05) is 16.9 Å². The third-order valence-electron chi connectivity index (χ3n) is 3.42. The summed E-state index contributed by atoms with van der Waals surface area (Å²) in [6.07, 6.45) is 1.54. The van der Waals surface area contributed by atoms with Crippen LogP contribution in [-0.4, -0.2) is 33.2 Å². The predicted octanol–water partition coefficient (Wildman–Crippen LogP) is 1.83. The zero-order valence-electron chi connectivity index (χ0n) is 11.3. The molecule has 2 heterocycles. The minimum absolute atomic E-state index is 0.0807. The van der Waals surface area contributed by atoms with Gasteiger partial charge in [-0.15, -0.1) is 0 Å². The van der Waals surface area contributed by atoms with Gasteiger partial charge in [-0.3, -0.25) is 20.1 Å². The Morgan fingerprint density at radius 2 is 2.23 bits per heavy atom. The largest absolute Gasteiger partial charge is 0.310 e. The number of anilines is 1. The van der Waals surface area contributed by atoms with E-state index in [1.54, 1.807) is 4.90 Å². The van der Waals surface area contributed by atoms with Gasteiger partial charge in [0.2, 0.25) is 16.6 Å². The van der Waals surface area contributed by atoms with Gasteiger partial charge < -0.3 is 4.90 Å². The Hall–Kier alpha value is -2.00. The van der Waals surface area contributed by atoms with E-state index in [9.17, 15) is 9.59 Å². The second-order valence-corrected chi connectivity index (χ2v) is 6.11. The van der Waals surface area contributed by atoms with E-state index >= 15 is 0 Å². The number of nitrogens with zero attached hydrogens (tertiary/aromatic N) is 3. The highest BCUT2D eigenvalue weighted by Crippen LogP contribution is 2.31. The predicted molar refractivity (Wildman–Crippen MR) is 86.4 cm³/mol. The van der Waals surface area contributed by atoms with Gasteiger partial charge in [-0.25, -0.2) is 4.68 Å². The fourth-order valence-electron chi connectivity index (χ4n) is 2.32. The van der Waals surface area contributed by atoms with Crippen molar-refractivity contribution in [1.82, 2.24) is 14.9 Å². The van der Waals surface area contributed by atoms with Crippen LogP contribution in [0.1, 0.15) is 6.42 Å². The topological polar surface area (TPSA) is 83.0 Å². The molecule has 1 aromatic carbocycles. The molecule has 0 saturated carbocycles. The maximum atomic E-state index is 12.3. The number of H-pyrrole nitrogens is 1. The standard InChI is InChI=1S/C13H12BrN5O2S/c14-9-3-1-2-4-10(9)18-6-8(5-11(18)20)12(21)17-19-7-15-16-13(19)22/h1-4,7-8H,5-6H2,(H,16,22)(H,17,21). The Labute approximate surface area is 139 Å². The molecule has 0 radical (unpaired) electrons. The summed E-state index contributed by atoms with van der Waals surface area (Å²) in [6.45, 7) is 0.332. The van der Waals surface area contributed by atoms with Crippen LogP contribution in [0.15, 0.2) is 35.1 Å². The third kappa shape index (κ3) is 2.81. The number of hydrogen-bond donors (Lipinski definition) is 2. The summed E-state index contributed by atoms with van der Waals surface area (Å²) in [7, 11) is 0. The first-order chi connectivity index (χ1) is 10.6. The first-order valence-electron chi connectivity index (χ1n) is 6.54. The summed E-state index contributed by atoms with van der Waals surface area (Å²) in [5.74, 6) is -0.778. The van der Waals surface area contributed by atoms with Crippen LogP contribution in [0, 0.1) is 10.7 Å². The molecule has 1 atom stereocenters. The number of hydrogen-bond acceptors (Lipinski definition) is 4. The average Bonchev–Trinajstić information content (AvgIpc) is 3.06. The molecule has 2 aromatic rings. The zero-order chi connectivity index (χ0) is 15.7. The van der Waals surface area contributed by atoms with E-state index in [4.69, 9.17) is 12.2 Å². The fourth-order valence-corrected chi connectivity index (χ4v) is 2.97. The van der Waals surface area contributed by atoms with Crippen LogP contribution in [0.25, 0.3) is 0 Å². The molecule has 22 heavy (non-hydrogen) atoms. The van der Waals surface area contributed by atoms with E-state index in [2.05, 4.69) is 31.6 Å². The Morgan fingerprint density at radius 1 is 1.45 bits per heavy atom. The number of carbonyl (C=O) groups excluding carboxylic acids is 2. The molecular weight excluding hydrogens is 370 g/mol. The van der Waals surface area contributed by atoms with Gasteiger partial charge in [0.15, 0.2) is 0 Å². The number of amides is 2. The lowest BCUT2D eigenvalue weighted by molar-refractivity contribution is -0.123. The van der Waals surface area contributed by atoms with Gasteiger partial charge in [0.25, 0.3) is 0 Å². The molecule has 9 heteroatoms. The fraction of sp³-hybridized carbons (Fsp3) is 0.231. The summed E-state index contributed by atoms with van der Waals surface area (Å²) >= 11 is 8.39. The molecule has 1 aliphatic rings. The van der Waals surface area contributed by atoms with Crippen LogP contribution in [0.3, 0.4) is 0 Å². The number of nitrogens with one attached hydrogen (secondary N) is 2. The summed E-state index contributed by atoms with van der Waals surface area (Å²) < 4.78 is 2.44. The minimum Gasteiger partial charge on any atom is -0.310 e. The van der Waals surface area contributed by atoms with Gasteiger partial charge in [0, 0.05) is 17.4 Å². The van der Waals surface area contributed by atoms with Crippen molar-refractivity contribution in [3.63, 3.8) is 0 Å². The van der Waals surface area contributed by atoms with Gasteiger partial charge >= 0.3 is 0 Å². The van der Waals surface area contributed by atoms with Crippen molar-refractivity contribution in [2.24, 2.45) is 5.92 Å². The van der Waals surface area contributed by atoms with E-state index < -0.39 is 5.92 Å². The average molecular weight is 382 g/mol. The molecule has 2 N–H and O–H groups in total. The first kappa shape index (κ1) is 14.9. The Morgan fingerprint density at radius 3 is 2.91 bits per heavy atom. The van der Waals surface area contributed by atoms with E-state index in [-0.39, 0.29) is 18.2 Å². The van der Waals surface area contributed by atoms with Crippen molar-refractivity contribution in [3.8, 4) is 0 Å². The van der Waals surface area contributed by atoms with Gasteiger partial charge in [-0.1, -0.05) is 12.1 Å². The summed E-state index contributed by atoms with van der Waals surface area (Å²) in [5.41, 5.74) is 3.39. The quantitative estimate of drug-likeness (QED) is 0.794. The molecule has 1 aromatic heterocycles. The van der Waals surface area contributed by atoms with Gasteiger partial charge in [-0.2, -0.15) is 5.10 Å². The SMILES string of the molecule is O=C(Nn1cn[nH]c1=S)C1CC(=O)N(c2ccccc2Br)C1. The molecule has 114 valence electrons.